The molecule has 0 saturated heterocycles. The monoisotopic (exact) mass is 270 g/mol. The lowest BCUT2D eigenvalue weighted by molar-refractivity contribution is -0.137. The molecular weight excluding hydrogens is 252 g/mol. The molecule has 4 atom stereocenters. The molecule has 0 spiro atoms. The van der Waals surface area contributed by atoms with Gasteiger partial charge in [-0.25, -0.2) is 0 Å². The second kappa shape index (κ2) is 11.2. The predicted molar refractivity (Wildman–Crippen MR) is 56.4 cm³/mol. The lowest BCUT2D eigenvalue weighted by atomic mass is 10.1. The fraction of sp³-hybridized carbons (Fsp3) is 0.778. The summed E-state index contributed by atoms with van der Waals surface area (Å²) in [5.74, 6) is -0.901. The molecule has 0 aromatic heterocycles. The van der Waals surface area contributed by atoms with E-state index in [1.54, 1.807) is 0 Å². The van der Waals surface area contributed by atoms with Crippen molar-refractivity contribution in [2.75, 3.05) is 19.8 Å². The van der Waals surface area contributed by atoms with E-state index in [-0.39, 0.29) is 6.29 Å². The number of ketones is 1. The lowest BCUT2D eigenvalue weighted by Gasteiger charge is -2.11. The third-order valence-corrected chi connectivity index (χ3v) is 1.76. The molecule has 0 saturated carbocycles. The summed E-state index contributed by atoms with van der Waals surface area (Å²) in [7, 11) is 0. The van der Waals surface area contributed by atoms with Crippen LogP contribution < -0.4 is 0 Å². The van der Waals surface area contributed by atoms with E-state index >= 15 is 0 Å². The molecule has 0 radical (unpaired) electrons. The van der Waals surface area contributed by atoms with Gasteiger partial charge in [0.15, 0.2) is 12.1 Å². The SMILES string of the molecule is O=C(CO)C(O)C(O)CO.O=CC(O)C(O)CO. The van der Waals surface area contributed by atoms with Gasteiger partial charge in [0.05, 0.1) is 13.2 Å². The zero-order valence-electron chi connectivity index (χ0n) is 9.46. The molecule has 0 aromatic carbocycles. The summed E-state index contributed by atoms with van der Waals surface area (Å²) >= 11 is 0. The molecule has 0 aliphatic rings. The zero-order chi connectivity index (χ0) is 14.7. The molecule has 108 valence electrons. The maximum Gasteiger partial charge on any atom is 0.189 e. The van der Waals surface area contributed by atoms with Crippen LogP contribution in [0.5, 0.6) is 0 Å². The van der Waals surface area contributed by atoms with Gasteiger partial charge in [-0.05, 0) is 0 Å². The van der Waals surface area contributed by atoms with Crippen molar-refractivity contribution in [2.45, 2.75) is 24.4 Å². The van der Waals surface area contributed by atoms with Crippen molar-refractivity contribution >= 4 is 12.1 Å². The Hall–Kier alpha value is -0.940. The number of aldehydes is 1. The molecule has 0 aliphatic heterocycles. The second-order valence-electron chi connectivity index (χ2n) is 3.20. The van der Waals surface area contributed by atoms with Crippen LogP contribution in [0.2, 0.25) is 0 Å². The highest BCUT2D eigenvalue weighted by molar-refractivity contribution is 5.84. The van der Waals surface area contributed by atoms with Gasteiger partial charge in [-0.15, -0.1) is 0 Å². The lowest BCUT2D eigenvalue weighted by Crippen LogP contribution is -2.37. The van der Waals surface area contributed by atoms with Crippen LogP contribution in [0.1, 0.15) is 0 Å². The number of carbonyl (C=O) groups is 2. The normalized spacial score (nSPS) is 16.8. The summed E-state index contributed by atoms with van der Waals surface area (Å²) in [4.78, 5) is 19.9. The molecule has 0 fully saturated rings. The third kappa shape index (κ3) is 8.20. The van der Waals surface area contributed by atoms with Crippen LogP contribution in [-0.2, 0) is 9.59 Å². The van der Waals surface area contributed by atoms with Gasteiger partial charge in [0.1, 0.15) is 31.0 Å². The molecule has 4 unspecified atom stereocenters. The summed E-state index contributed by atoms with van der Waals surface area (Å²) in [6, 6.07) is 0. The van der Waals surface area contributed by atoms with Gasteiger partial charge in [0, 0.05) is 0 Å². The Morgan fingerprint density at radius 2 is 1.39 bits per heavy atom. The standard InChI is InChI=1S/C5H10O5.C4H8O4/c6-1-3(8)5(10)4(9)2-7;5-1-3(7)4(8)2-6/h3,5-8,10H,1-2H2;1,3-4,6-8H,2H2. The molecule has 7 N–H and O–H groups in total. The van der Waals surface area contributed by atoms with Gasteiger partial charge in [-0.3, -0.25) is 4.79 Å². The minimum absolute atomic E-state index is 0.168. The molecule has 18 heavy (non-hydrogen) atoms. The topological polar surface area (TPSA) is 176 Å². The number of Topliss-reactive ketones (excluding diaryl/α,β-unsaturated/α-hetero) is 1. The van der Waals surface area contributed by atoms with Crippen LogP contribution in [-0.4, -0.2) is 92.1 Å². The van der Waals surface area contributed by atoms with Gasteiger partial charge in [0.2, 0.25) is 0 Å². The highest BCUT2D eigenvalue weighted by Crippen LogP contribution is 1.92. The van der Waals surface area contributed by atoms with Crippen molar-refractivity contribution in [3.05, 3.63) is 0 Å². The van der Waals surface area contributed by atoms with Crippen molar-refractivity contribution in [2.24, 2.45) is 0 Å². The number of hydrogen-bond donors (Lipinski definition) is 7. The molecule has 9 nitrogen and oxygen atoms in total. The Bertz CT molecular complexity index is 232. The van der Waals surface area contributed by atoms with E-state index in [4.69, 9.17) is 35.7 Å². The minimum Gasteiger partial charge on any atom is -0.394 e. The van der Waals surface area contributed by atoms with Gasteiger partial charge in [0.25, 0.3) is 0 Å². The largest absolute Gasteiger partial charge is 0.394 e. The van der Waals surface area contributed by atoms with Crippen molar-refractivity contribution in [1.29, 1.82) is 0 Å². The average molecular weight is 270 g/mol. The van der Waals surface area contributed by atoms with Crippen LogP contribution >= 0.6 is 0 Å². The fourth-order valence-corrected chi connectivity index (χ4v) is 0.607. The highest BCUT2D eigenvalue weighted by atomic mass is 16.4. The molecule has 0 aliphatic carbocycles. The molecule has 9 heteroatoms. The summed E-state index contributed by atoms with van der Waals surface area (Å²) in [6.07, 6.45) is -5.82. The molecule has 0 rings (SSSR count). The van der Waals surface area contributed by atoms with Crippen LogP contribution in [0, 0.1) is 0 Å². The van der Waals surface area contributed by atoms with Crippen LogP contribution in [0.15, 0.2) is 0 Å². The van der Waals surface area contributed by atoms with Crippen LogP contribution in [0.25, 0.3) is 0 Å². The molecule has 0 heterocycles. The number of carbonyl (C=O) groups excluding carboxylic acids is 2. The maximum atomic E-state index is 10.3. The predicted octanol–water partition coefficient (Wildman–Crippen LogP) is -4.84. The van der Waals surface area contributed by atoms with Crippen LogP contribution in [0.3, 0.4) is 0 Å². The maximum absolute atomic E-state index is 10.3. The van der Waals surface area contributed by atoms with Crippen molar-refractivity contribution in [1.82, 2.24) is 0 Å². The van der Waals surface area contributed by atoms with Crippen molar-refractivity contribution in [3.8, 4) is 0 Å². The van der Waals surface area contributed by atoms with E-state index in [2.05, 4.69) is 0 Å². The minimum atomic E-state index is -1.69. The summed E-state index contributed by atoms with van der Waals surface area (Å²) < 4.78 is 0. The zero-order valence-corrected chi connectivity index (χ0v) is 9.46. The van der Waals surface area contributed by atoms with Gasteiger partial charge >= 0.3 is 0 Å². The molecule has 0 bridgehead atoms. The summed E-state index contributed by atoms with van der Waals surface area (Å²) in [5, 5.41) is 58.4. The van der Waals surface area contributed by atoms with E-state index in [1.807, 2.05) is 0 Å². The first-order valence-electron chi connectivity index (χ1n) is 4.88. The Labute approximate surface area is 103 Å². The first kappa shape index (κ1) is 19.4. The second-order valence-corrected chi connectivity index (χ2v) is 3.20. The number of aliphatic hydroxyl groups excluding tert-OH is 7. The van der Waals surface area contributed by atoms with Crippen molar-refractivity contribution < 1.29 is 45.3 Å². The van der Waals surface area contributed by atoms with Gasteiger partial charge < -0.3 is 40.5 Å². The Kier molecular flexibility index (Phi) is 12.0. The Morgan fingerprint density at radius 3 is 1.61 bits per heavy atom. The highest BCUT2D eigenvalue weighted by Gasteiger charge is 2.21. The molecule has 0 aromatic rings. The molecule has 0 amide bonds. The fourth-order valence-electron chi connectivity index (χ4n) is 0.607. The summed E-state index contributed by atoms with van der Waals surface area (Å²) in [5.41, 5.74) is 0. The van der Waals surface area contributed by atoms with E-state index in [0.717, 1.165) is 0 Å². The van der Waals surface area contributed by atoms with E-state index in [9.17, 15) is 9.59 Å². The number of rotatable bonds is 7. The average Bonchev–Trinajstić information content (AvgIpc) is 2.43. The number of aliphatic hydroxyl groups is 7. The Morgan fingerprint density at radius 1 is 0.944 bits per heavy atom. The first-order valence-corrected chi connectivity index (χ1v) is 4.88. The van der Waals surface area contributed by atoms with E-state index in [0.29, 0.717) is 0 Å². The number of hydrogen-bond acceptors (Lipinski definition) is 9. The first-order chi connectivity index (χ1) is 8.35. The van der Waals surface area contributed by atoms with Crippen LogP contribution in [0.4, 0.5) is 0 Å². The van der Waals surface area contributed by atoms with Crippen molar-refractivity contribution in [3.63, 3.8) is 0 Å². The smallest absolute Gasteiger partial charge is 0.189 e. The molecular formula is C9H18O9. The van der Waals surface area contributed by atoms with E-state index < -0.39 is 50.0 Å². The van der Waals surface area contributed by atoms with Gasteiger partial charge in [-0.2, -0.15) is 0 Å². The van der Waals surface area contributed by atoms with E-state index in [1.165, 1.54) is 0 Å². The van der Waals surface area contributed by atoms with Gasteiger partial charge in [-0.1, -0.05) is 0 Å². The third-order valence-electron chi connectivity index (χ3n) is 1.76. The Balaban J connectivity index is 0. The summed E-state index contributed by atoms with van der Waals surface area (Å²) in [6.45, 7) is -2.13. The quantitative estimate of drug-likeness (QED) is 0.224.